The zero-order chi connectivity index (χ0) is 21.8. The fourth-order valence-electron chi connectivity index (χ4n) is 3.86. The first kappa shape index (κ1) is 21.2. The summed E-state index contributed by atoms with van der Waals surface area (Å²) in [4.78, 5) is 35.2. The number of amides is 1. The first-order valence-corrected chi connectivity index (χ1v) is 10.7. The van der Waals surface area contributed by atoms with Crippen LogP contribution >= 0.6 is 12.2 Å². The van der Waals surface area contributed by atoms with Crippen LogP contribution in [0.3, 0.4) is 0 Å². The number of methoxy groups -OCH3 is 1. The molecule has 8 nitrogen and oxygen atoms in total. The van der Waals surface area contributed by atoms with Gasteiger partial charge >= 0.3 is 0 Å². The third-order valence-electron chi connectivity index (χ3n) is 5.47. The molecule has 3 heterocycles. The predicted octanol–water partition coefficient (Wildman–Crippen LogP) is 2.50. The van der Waals surface area contributed by atoms with Crippen molar-refractivity contribution in [3.05, 3.63) is 63.3 Å². The lowest BCUT2D eigenvalue weighted by molar-refractivity contribution is 0.0940. The van der Waals surface area contributed by atoms with Gasteiger partial charge in [0, 0.05) is 51.2 Å². The molecule has 2 aromatic heterocycles. The second kappa shape index (κ2) is 9.40. The van der Waals surface area contributed by atoms with Crippen molar-refractivity contribution in [2.45, 2.75) is 25.4 Å². The number of nitrogens with zero attached hydrogens (tertiary/aromatic N) is 3. The van der Waals surface area contributed by atoms with Gasteiger partial charge in [-0.1, -0.05) is 6.07 Å². The third kappa shape index (κ3) is 4.67. The maximum absolute atomic E-state index is 12.8. The van der Waals surface area contributed by atoms with Crippen LogP contribution in [0.15, 0.2) is 47.4 Å². The van der Waals surface area contributed by atoms with E-state index in [1.54, 1.807) is 31.5 Å². The lowest BCUT2D eigenvalue weighted by Crippen LogP contribution is -2.37. The van der Waals surface area contributed by atoms with Gasteiger partial charge in [-0.2, -0.15) is 0 Å². The van der Waals surface area contributed by atoms with Crippen LogP contribution in [-0.4, -0.2) is 53.3 Å². The molecule has 1 aliphatic heterocycles. The van der Waals surface area contributed by atoms with Gasteiger partial charge in [-0.25, -0.2) is 4.98 Å². The van der Waals surface area contributed by atoms with Gasteiger partial charge in [-0.15, -0.1) is 0 Å². The van der Waals surface area contributed by atoms with Crippen LogP contribution in [0, 0.1) is 4.77 Å². The van der Waals surface area contributed by atoms with Gasteiger partial charge in [-0.05, 0) is 55.4 Å². The number of carbonyl (C=O) groups excluding carboxylic acids is 1. The minimum atomic E-state index is -0.168. The van der Waals surface area contributed by atoms with E-state index in [0.717, 1.165) is 18.8 Å². The molecule has 0 bridgehead atoms. The number of ether oxygens (including phenoxy) is 1. The van der Waals surface area contributed by atoms with Crippen LogP contribution in [0.4, 0.5) is 5.82 Å². The lowest BCUT2D eigenvalue weighted by Gasteiger charge is -2.17. The second-order valence-corrected chi connectivity index (χ2v) is 7.97. The Balaban J connectivity index is 1.48. The van der Waals surface area contributed by atoms with E-state index in [1.807, 2.05) is 18.2 Å². The van der Waals surface area contributed by atoms with Crippen molar-refractivity contribution < 1.29 is 9.53 Å². The number of nitrogens with one attached hydrogen (secondary N) is 2. The molecule has 1 saturated heterocycles. The largest absolute Gasteiger partial charge is 0.385 e. The topological polar surface area (TPSA) is 92.2 Å². The number of aromatic nitrogens is 3. The summed E-state index contributed by atoms with van der Waals surface area (Å²) in [5.41, 5.74) is 0.891. The van der Waals surface area contributed by atoms with Gasteiger partial charge in [-0.3, -0.25) is 14.2 Å². The van der Waals surface area contributed by atoms with Crippen LogP contribution < -0.4 is 15.8 Å². The molecule has 1 unspecified atom stereocenters. The molecule has 162 valence electrons. The van der Waals surface area contributed by atoms with E-state index in [4.69, 9.17) is 17.0 Å². The summed E-state index contributed by atoms with van der Waals surface area (Å²) in [5.74, 6) is 0.748. The fraction of sp³-hybridized carbons (Fsp3) is 0.364. The average Bonchev–Trinajstić information content (AvgIpc) is 3.24. The maximum Gasteiger partial charge on any atom is 0.262 e. The van der Waals surface area contributed by atoms with Gasteiger partial charge in [0.2, 0.25) is 0 Å². The molecular weight excluding hydrogens is 414 g/mol. The molecule has 31 heavy (non-hydrogen) atoms. The van der Waals surface area contributed by atoms with Crippen molar-refractivity contribution in [3.63, 3.8) is 0 Å². The number of carbonyl (C=O) groups is 1. The number of hydrogen-bond donors (Lipinski definition) is 2. The Morgan fingerprint density at radius 2 is 2.23 bits per heavy atom. The van der Waals surface area contributed by atoms with Crippen LogP contribution in [0.5, 0.6) is 0 Å². The van der Waals surface area contributed by atoms with Crippen LogP contribution in [-0.2, 0) is 11.3 Å². The molecule has 0 saturated carbocycles. The minimum Gasteiger partial charge on any atom is -0.385 e. The SMILES string of the molecule is COCCCn1c(=S)[nH]c2cc(C(=O)NC3CCN(c4ccccn4)C3)ccc2c1=O. The molecule has 1 atom stereocenters. The molecule has 0 spiro atoms. The molecule has 0 aliphatic carbocycles. The molecule has 0 radical (unpaired) electrons. The number of anilines is 1. The number of aromatic amines is 1. The highest BCUT2D eigenvalue weighted by Gasteiger charge is 2.25. The van der Waals surface area contributed by atoms with E-state index in [1.165, 1.54) is 4.57 Å². The smallest absolute Gasteiger partial charge is 0.262 e. The zero-order valence-electron chi connectivity index (χ0n) is 17.3. The van der Waals surface area contributed by atoms with Crippen LogP contribution in [0.2, 0.25) is 0 Å². The number of H-pyrrole nitrogens is 1. The fourth-order valence-corrected chi connectivity index (χ4v) is 4.15. The normalized spacial score (nSPS) is 16.0. The van der Waals surface area contributed by atoms with Gasteiger partial charge in [0.25, 0.3) is 11.5 Å². The van der Waals surface area contributed by atoms with E-state index < -0.39 is 0 Å². The maximum atomic E-state index is 12.8. The Bertz CT molecular complexity index is 1190. The van der Waals surface area contributed by atoms with Crippen LogP contribution in [0.1, 0.15) is 23.2 Å². The number of fused-ring (bicyclic) bond motifs is 1. The highest BCUT2D eigenvalue weighted by Crippen LogP contribution is 2.18. The van der Waals surface area contributed by atoms with E-state index in [2.05, 4.69) is 20.2 Å². The highest BCUT2D eigenvalue weighted by molar-refractivity contribution is 7.71. The van der Waals surface area contributed by atoms with Crippen molar-refractivity contribution in [1.82, 2.24) is 19.9 Å². The molecule has 1 aromatic carbocycles. The number of rotatable bonds is 7. The molecule has 1 aliphatic rings. The molecule has 1 fully saturated rings. The van der Waals surface area contributed by atoms with E-state index in [9.17, 15) is 9.59 Å². The van der Waals surface area contributed by atoms with Crippen molar-refractivity contribution in [1.29, 1.82) is 0 Å². The van der Waals surface area contributed by atoms with Gasteiger partial charge < -0.3 is 19.9 Å². The van der Waals surface area contributed by atoms with E-state index >= 15 is 0 Å². The first-order chi connectivity index (χ1) is 15.1. The summed E-state index contributed by atoms with van der Waals surface area (Å²) in [7, 11) is 1.62. The average molecular weight is 440 g/mol. The monoisotopic (exact) mass is 439 g/mol. The molecule has 1 amide bonds. The van der Waals surface area contributed by atoms with E-state index in [0.29, 0.717) is 47.4 Å². The predicted molar refractivity (Wildman–Crippen MR) is 122 cm³/mol. The van der Waals surface area contributed by atoms with Gasteiger partial charge in [0.1, 0.15) is 5.82 Å². The zero-order valence-corrected chi connectivity index (χ0v) is 18.2. The van der Waals surface area contributed by atoms with E-state index in [-0.39, 0.29) is 17.5 Å². The summed E-state index contributed by atoms with van der Waals surface area (Å²) < 4.78 is 6.92. The standard InChI is InChI=1S/C22H25N5O3S/c1-30-12-4-10-27-21(29)17-7-6-15(13-18(17)25-22(27)31)20(28)24-16-8-11-26(14-16)19-5-2-3-9-23-19/h2-3,5-7,9,13,16H,4,8,10-12,14H2,1H3,(H,24,28)(H,25,31). The van der Waals surface area contributed by atoms with Gasteiger partial charge in [0.05, 0.1) is 10.9 Å². The van der Waals surface area contributed by atoms with Crippen LogP contribution in [0.25, 0.3) is 10.9 Å². The Morgan fingerprint density at radius 3 is 3.00 bits per heavy atom. The first-order valence-electron chi connectivity index (χ1n) is 10.3. The summed E-state index contributed by atoms with van der Waals surface area (Å²) >= 11 is 5.36. The Hall–Kier alpha value is -3.04. The van der Waals surface area contributed by atoms with Crippen molar-refractivity contribution in [3.8, 4) is 0 Å². The summed E-state index contributed by atoms with van der Waals surface area (Å²) in [6.45, 7) is 2.59. The third-order valence-corrected chi connectivity index (χ3v) is 5.79. The molecule has 3 aromatic rings. The highest BCUT2D eigenvalue weighted by atomic mass is 32.1. The number of benzene rings is 1. The molecule has 4 rings (SSSR count). The van der Waals surface area contributed by atoms with Gasteiger partial charge in [0.15, 0.2) is 4.77 Å². The Labute approximate surface area is 184 Å². The minimum absolute atomic E-state index is 0.0393. The quantitative estimate of drug-likeness (QED) is 0.434. The van der Waals surface area contributed by atoms with Crippen molar-refractivity contribution in [2.75, 3.05) is 31.7 Å². The number of hydrogen-bond acceptors (Lipinski definition) is 6. The Kier molecular flexibility index (Phi) is 6.43. The summed E-state index contributed by atoms with van der Waals surface area (Å²) in [6.07, 6.45) is 3.31. The number of pyridine rings is 1. The second-order valence-electron chi connectivity index (χ2n) is 7.59. The molecule has 9 heteroatoms. The van der Waals surface area contributed by atoms with Crippen molar-refractivity contribution in [2.24, 2.45) is 0 Å². The summed E-state index contributed by atoms with van der Waals surface area (Å²) in [5, 5.41) is 3.59. The molecule has 2 N–H and O–H groups in total. The van der Waals surface area contributed by atoms with Crippen molar-refractivity contribution >= 4 is 34.8 Å². The molecular formula is C22H25N5O3S. The lowest BCUT2D eigenvalue weighted by atomic mass is 10.1. The summed E-state index contributed by atoms with van der Waals surface area (Å²) in [6, 6.07) is 10.9. The Morgan fingerprint density at radius 1 is 1.35 bits per heavy atom.